The molecule has 0 saturated heterocycles. The molecule has 5 rings (SSSR count). The van der Waals surface area contributed by atoms with Crippen molar-refractivity contribution in [1.29, 1.82) is 0 Å². The number of anilines is 2. The zero-order valence-corrected chi connectivity index (χ0v) is 21.6. The number of fused-ring (bicyclic) bond motifs is 2. The van der Waals surface area contributed by atoms with Gasteiger partial charge in [-0.3, -0.25) is 9.69 Å². The number of amides is 1. The predicted molar refractivity (Wildman–Crippen MR) is 136 cm³/mol. The van der Waals surface area contributed by atoms with Crippen molar-refractivity contribution in [2.75, 3.05) is 16.8 Å². The van der Waals surface area contributed by atoms with E-state index >= 15 is 0 Å². The molecular formula is C26H34N8O. The summed E-state index contributed by atoms with van der Waals surface area (Å²) in [5.74, 6) is 2.94. The highest BCUT2D eigenvalue weighted by Gasteiger charge is 2.37. The highest BCUT2D eigenvalue weighted by Crippen LogP contribution is 2.37. The maximum Gasteiger partial charge on any atom is 0.260 e. The lowest BCUT2D eigenvalue weighted by molar-refractivity contribution is 0.0996. The van der Waals surface area contributed by atoms with Crippen LogP contribution in [0.4, 0.5) is 11.6 Å². The van der Waals surface area contributed by atoms with Gasteiger partial charge >= 0.3 is 0 Å². The van der Waals surface area contributed by atoms with E-state index in [0.29, 0.717) is 23.6 Å². The molecule has 0 fully saturated rings. The molecule has 0 aromatic carbocycles. The van der Waals surface area contributed by atoms with E-state index in [1.54, 1.807) is 4.90 Å². The lowest BCUT2D eigenvalue weighted by Gasteiger charge is -2.27. The summed E-state index contributed by atoms with van der Waals surface area (Å²) >= 11 is 0. The van der Waals surface area contributed by atoms with E-state index in [1.807, 2.05) is 45.2 Å². The minimum Gasteiger partial charge on any atom is -0.357 e. The third-order valence-electron chi connectivity index (χ3n) is 7.18. The Morgan fingerprint density at radius 1 is 1.17 bits per heavy atom. The largest absolute Gasteiger partial charge is 0.357 e. The molecule has 9 heteroatoms. The van der Waals surface area contributed by atoms with Crippen LogP contribution in [0.15, 0.2) is 24.3 Å². The van der Waals surface area contributed by atoms with Gasteiger partial charge in [-0.25, -0.2) is 9.97 Å². The number of carbonyl (C=O) groups is 1. The second-order valence-corrected chi connectivity index (χ2v) is 11.1. The predicted octanol–water partition coefficient (Wildman–Crippen LogP) is 3.62. The molecule has 0 saturated carbocycles. The zero-order valence-electron chi connectivity index (χ0n) is 21.6. The number of rotatable bonds is 5. The third-order valence-corrected chi connectivity index (χ3v) is 7.18. The zero-order chi connectivity index (χ0) is 25.3. The fourth-order valence-corrected chi connectivity index (χ4v) is 4.96. The highest BCUT2D eigenvalue weighted by atomic mass is 16.2. The Bertz CT molecular complexity index is 1320. The van der Waals surface area contributed by atoms with E-state index in [0.717, 1.165) is 41.6 Å². The lowest BCUT2D eigenvalue weighted by Crippen LogP contribution is -2.34. The second-order valence-electron chi connectivity index (χ2n) is 11.1. The van der Waals surface area contributed by atoms with E-state index in [-0.39, 0.29) is 17.5 Å². The Morgan fingerprint density at radius 2 is 1.91 bits per heavy atom. The summed E-state index contributed by atoms with van der Waals surface area (Å²) in [6.07, 6.45) is 1.92. The van der Waals surface area contributed by atoms with Crippen LogP contribution in [-0.2, 0) is 24.0 Å². The number of pyridine rings is 2. The monoisotopic (exact) mass is 474 g/mol. The molecule has 1 amide bonds. The first-order valence-electron chi connectivity index (χ1n) is 12.2. The summed E-state index contributed by atoms with van der Waals surface area (Å²) in [5, 5.41) is 8.83. The van der Waals surface area contributed by atoms with Gasteiger partial charge in [0.05, 0.1) is 23.3 Å². The molecule has 0 radical (unpaired) electrons. The summed E-state index contributed by atoms with van der Waals surface area (Å²) in [7, 11) is 1.98. The molecule has 3 aromatic heterocycles. The number of hydrogen-bond acceptors (Lipinski definition) is 7. The first-order chi connectivity index (χ1) is 16.4. The molecule has 0 atom stereocenters. The fourth-order valence-electron chi connectivity index (χ4n) is 4.96. The first kappa shape index (κ1) is 23.4. The Morgan fingerprint density at radius 3 is 2.60 bits per heavy atom. The van der Waals surface area contributed by atoms with Crippen molar-refractivity contribution in [3.63, 3.8) is 0 Å². The van der Waals surface area contributed by atoms with Gasteiger partial charge in [0.1, 0.15) is 23.2 Å². The molecule has 0 bridgehead atoms. The maximum absolute atomic E-state index is 13.7. The lowest BCUT2D eigenvalue weighted by atomic mass is 9.94. The first-order valence-corrected chi connectivity index (χ1v) is 12.2. The van der Waals surface area contributed by atoms with E-state index in [1.165, 1.54) is 0 Å². The van der Waals surface area contributed by atoms with Crippen LogP contribution < -0.4 is 15.5 Å². The van der Waals surface area contributed by atoms with Gasteiger partial charge in [-0.05, 0) is 66.2 Å². The SMILES string of the molecule is CC(C)N(C)c1cc2c(c(C(C)(C)N)n1)CN(c1cccc(-c3nnc4n3C(C)(C)CC4)n1)C2=O. The minimum absolute atomic E-state index is 0.0718. The van der Waals surface area contributed by atoms with Crippen LogP contribution in [-0.4, -0.2) is 43.7 Å². The molecular weight excluding hydrogens is 440 g/mol. The fraction of sp³-hybridized carbons (Fsp3) is 0.500. The summed E-state index contributed by atoms with van der Waals surface area (Å²) in [6, 6.07) is 7.82. The van der Waals surface area contributed by atoms with Crippen LogP contribution >= 0.6 is 0 Å². The molecule has 0 aliphatic carbocycles. The van der Waals surface area contributed by atoms with Crippen LogP contribution in [0.3, 0.4) is 0 Å². The van der Waals surface area contributed by atoms with Gasteiger partial charge in [-0.2, -0.15) is 0 Å². The molecule has 0 unspecified atom stereocenters. The van der Waals surface area contributed by atoms with Crippen molar-refractivity contribution >= 4 is 17.5 Å². The molecule has 2 aliphatic heterocycles. The van der Waals surface area contributed by atoms with Crippen molar-refractivity contribution < 1.29 is 4.79 Å². The molecule has 0 spiro atoms. The number of nitrogens with two attached hydrogens (primary N) is 1. The average Bonchev–Trinajstić information content (AvgIpc) is 3.46. The molecule has 2 N–H and O–H groups in total. The molecule has 2 aliphatic rings. The quantitative estimate of drug-likeness (QED) is 0.602. The summed E-state index contributed by atoms with van der Waals surface area (Å²) in [6.45, 7) is 12.8. The van der Waals surface area contributed by atoms with Crippen LogP contribution in [0, 0.1) is 0 Å². The smallest absolute Gasteiger partial charge is 0.260 e. The maximum atomic E-state index is 13.7. The van der Waals surface area contributed by atoms with Crippen molar-refractivity contribution in [2.45, 2.75) is 78.0 Å². The second kappa shape index (κ2) is 7.84. The number of hydrogen-bond donors (Lipinski definition) is 1. The standard InChI is InChI=1S/C26H34N8O/c1-15(2)32(7)21-13-16-17(22(29-21)26(5,6)27)14-33(24(16)35)19-10-8-9-18(28-19)23-31-30-20-11-12-25(3,4)34(20)23/h8-10,13,15H,11-12,14,27H2,1-7H3. The molecule has 5 heterocycles. The summed E-state index contributed by atoms with van der Waals surface area (Å²) in [5.41, 5.74) is 8.69. The Labute approximate surface area is 206 Å². The minimum atomic E-state index is -0.697. The Balaban J connectivity index is 1.56. The van der Waals surface area contributed by atoms with Crippen molar-refractivity contribution in [2.24, 2.45) is 5.73 Å². The average molecular weight is 475 g/mol. The van der Waals surface area contributed by atoms with Gasteiger partial charge in [0.2, 0.25) is 0 Å². The van der Waals surface area contributed by atoms with Crippen LogP contribution in [0.2, 0.25) is 0 Å². The molecule has 35 heavy (non-hydrogen) atoms. The molecule has 9 nitrogen and oxygen atoms in total. The van der Waals surface area contributed by atoms with Crippen molar-refractivity contribution in [1.82, 2.24) is 24.7 Å². The van der Waals surface area contributed by atoms with Crippen molar-refractivity contribution in [3.05, 3.63) is 46.9 Å². The van der Waals surface area contributed by atoms with E-state index < -0.39 is 5.54 Å². The van der Waals surface area contributed by atoms with Crippen LogP contribution in [0.25, 0.3) is 11.5 Å². The normalized spacial score (nSPS) is 16.7. The molecule has 184 valence electrons. The Hall–Kier alpha value is -3.33. The van der Waals surface area contributed by atoms with Crippen LogP contribution in [0.1, 0.15) is 75.4 Å². The topological polar surface area (TPSA) is 106 Å². The number of nitrogens with zero attached hydrogens (tertiary/aromatic N) is 7. The van der Waals surface area contributed by atoms with Gasteiger partial charge in [0.15, 0.2) is 5.82 Å². The van der Waals surface area contributed by atoms with Gasteiger partial charge in [-0.15, -0.1) is 10.2 Å². The molecule has 3 aromatic rings. The van der Waals surface area contributed by atoms with Crippen LogP contribution in [0.5, 0.6) is 0 Å². The van der Waals surface area contributed by atoms with E-state index in [2.05, 4.69) is 47.4 Å². The number of carbonyl (C=O) groups excluding carboxylic acids is 1. The summed E-state index contributed by atoms with van der Waals surface area (Å²) < 4.78 is 2.17. The highest BCUT2D eigenvalue weighted by molar-refractivity contribution is 6.10. The summed E-state index contributed by atoms with van der Waals surface area (Å²) in [4.78, 5) is 27.2. The Kier molecular flexibility index (Phi) is 5.25. The van der Waals surface area contributed by atoms with E-state index in [9.17, 15) is 4.79 Å². The van der Waals surface area contributed by atoms with Gasteiger partial charge in [0.25, 0.3) is 5.91 Å². The van der Waals surface area contributed by atoms with E-state index in [4.69, 9.17) is 15.7 Å². The van der Waals surface area contributed by atoms with Crippen molar-refractivity contribution in [3.8, 4) is 11.5 Å². The van der Waals surface area contributed by atoms with Gasteiger partial charge < -0.3 is 15.2 Å². The third kappa shape index (κ3) is 3.78. The number of aromatic nitrogens is 5. The number of aryl methyl sites for hydroxylation is 1. The van der Waals surface area contributed by atoms with Gasteiger partial charge in [0, 0.05) is 30.6 Å². The van der Waals surface area contributed by atoms with Gasteiger partial charge in [-0.1, -0.05) is 6.07 Å².